The average Bonchev–Trinajstić information content (AvgIpc) is 2.81. The Labute approximate surface area is 108 Å². The smallest absolute Gasteiger partial charge is 0.115 e. The first-order chi connectivity index (χ1) is 8.84. The summed E-state index contributed by atoms with van der Waals surface area (Å²) in [7, 11) is 0. The summed E-state index contributed by atoms with van der Waals surface area (Å²) in [5.74, 6) is 0. The maximum atomic E-state index is 6.05. The van der Waals surface area contributed by atoms with E-state index in [1.165, 1.54) is 4.79 Å². The molecule has 1 heterocycles. The largest absolute Gasteiger partial charge is 0.156 e. The molecule has 5 heteroatoms. The van der Waals surface area contributed by atoms with Crippen LogP contribution in [0, 0.1) is 0 Å². The van der Waals surface area contributed by atoms with Crippen molar-refractivity contribution in [3.63, 3.8) is 0 Å². The minimum Gasteiger partial charge on any atom is -0.156 e. The van der Waals surface area contributed by atoms with Crippen molar-refractivity contribution in [2.75, 3.05) is 0 Å². The van der Waals surface area contributed by atoms with E-state index in [2.05, 4.69) is 15.4 Å². The molecule has 4 nitrogen and oxygen atoms in total. The van der Waals surface area contributed by atoms with Gasteiger partial charge in [-0.15, -0.1) is 9.89 Å². The second-order valence-corrected chi connectivity index (χ2v) is 4.14. The predicted octanol–water partition coefficient (Wildman–Crippen LogP) is 2.97. The molecule has 2 aromatic carbocycles. The first kappa shape index (κ1) is 10.9. The Morgan fingerprint density at radius 2 is 1.83 bits per heavy atom. The Balaban J connectivity index is 2.00. The maximum Gasteiger partial charge on any atom is 0.115 e. The highest BCUT2D eigenvalue weighted by Crippen LogP contribution is 2.13. The first-order valence-corrected chi connectivity index (χ1v) is 5.82. The molecule has 3 aromatic rings. The van der Waals surface area contributed by atoms with Crippen molar-refractivity contribution in [2.24, 2.45) is 5.10 Å². The van der Waals surface area contributed by atoms with Gasteiger partial charge in [0.1, 0.15) is 11.0 Å². The lowest BCUT2D eigenvalue weighted by Gasteiger charge is -1.96. The predicted molar refractivity (Wildman–Crippen MR) is 72.0 cm³/mol. The van der Waals surface area contributed by atoms with E-state index in [-0.39, 0.29) is 0 Å². The van der Waals surface area contributed by atoms with E-state index >= 15 is 0 Å². The lowest BCUT2D eigenvalue weighted by molar-refractivity contribution is 0.718. The molecule has 0 aliphatic heterocycles. The Bertz CT molecular complexity index is 718. The molecule has 88 valence electrons. The molecule has 1 aromatic heterocycles. The van der Waals surface area contributed by atoms with Crippen LogP contribution >= 0.6 is 11.6 Å². The zero-order valence-electron chi connectivity index (χ0n) is 9.36. The Morgan fingerprint density at radius 1 is 1.06 bits per heavy atom. The van der Waals surface area contributed by atoms with Crippen molar-refractivity contribution < 1.29 is 0 Å². The Morgan fingerprint density at radius 3 is 2.72 bits per heavy atom. The molecule has 0 bridgehead atoms. The van der Waals surface area contributed by atoms with E-state index in [0.717, 1.165) is 16.6 Å². The molecule has 0 amide bonds. The molecule has 0 radical (unpaired) electrons. The molecular formula is C13H9ClN4. The van der Waals surface area contributed by atoms with Crippen LogP contribution in [0.2, 0.25) is 5.02 Å². The number of para-hydroxylation sites is 1. The van der Waals surface area contributed by atoms with Gasteiger partial charge in [0.15, 0.2) is 0 Å². The monoisotopic (exact) mass is 256 g/mol. The molecule has 0 spiro atoms. The molecule has 18 heavy (non-hydrogen) atoms. The number of rotatable bonds is 2. The van der Waals surface area contributed by atoms with E-state index in [9.17, 15) is 0 Å². The number of nitrogens with zero attached hydrogens (tertiary/aromatic N) is 4. The summed E-state index contributed by atoms with van der Waals surface area (Å²) in [6, 6.07) is 15.2. The van der Waals surface area contributed by atoms with Crippen LogP contribution < -0.4 is 0 Å². The Hall–Kier alpha value is -2.20. The molecule has 0 saturated heterocycles. The summed E-state index contributed by atoms with van der Waals surface area (Å²) in [4.78, 5) is 1.48. The second-order valence-electron chi connectivity index (χ2n) is 3.73. The SMILES string of the molecule is Clc1ccccc1/C=N/n1nnc2ccccc21. The molecule has 0 aliphatic rings. The van der Waals surface area contributed by atoms with Crippen LogP contribution in [0.1, 0.15) is 5.56 Å². The average molecular weight is 257 g/mol. The van der Waals surface area contributed by atoms with Gasteiger partial charge in [-0.2, -0.15) is 5.10 Å². The Kier molecular flexibility index (Phi) is 2.78. The fourth-order valence-electron chi connectivity index (χ4n) is 1.64. The van der Waals surface area contributed by atoms with E-state index in [1.54, 1.807) is 6.21 Å². The lowest BCUT2D eigenvalue weighted by Crippen LogP contribution is -1.93. The number of benzene rings is 2. The van der Waals surface area contributed by atoms with Gasteiger partial charge in [-0.3, -0.25) is 0 Å². The van der Waals surface area contributed by atoms with Crippen molar-refractivity contribution in [3.8, 4) is 0 Å². The summed E-state index contributed by atoms with van der Waals surface area (Å²) in [5.41, 5.74) is 2.52. The van der Waals surface area contributed by atoms with E-state index in [0.29, 0.717) is 5.02 Å². The molecular weight excluding hydrogens is 248 g/mol. The van der Waals surface area contributed by atoms with E-state index in [1.807, 2.05) is 48.5 Å². The second kappa shape index (κ2) is 4.58. The molecule has 0 N–H and O–H groups in total. The van der Waals surface area contributed by atoms with Crippen molar-refractivity contribution in [2.45, 2.75) is 0 Å². The van der Waals surface area contributed by atoms with Crippen LogP contribution in [0.3, 0.4) is 0 Å². The highest BCUT2D eigenvalue weighted by molar-refractivity contribution is 6.33. The van der Waals surface area contributed by atoms with Gasteiger partial charge < -0.3 is 0 Å². The zero-order chi connectivity index (χ0) is 12.4. The summed E-state index contributed by atoms with van der Waals surface area (Å²) >= 11 is 6.05. The quantitative estimate of drug-likeness (QED) is 0.662. The highest BCUT2D eigenvalue weighted by atomic mass is 35.5. The van der Waals surface area contributed by atoms with E-state index in [4.69, 9.17) is 11.6 Å². The first-order valence-electron chi connectivity index (χ1n) is 5.44. The van der Waals surface area contributed by atoms with Crippen molar-refractivity contribution >= 4 is 28.8 Å². The molecule has 0 fully saturated rings. The van der Waals surface area contributed by atoms with Crippen LogP contribution in [-0.4, -0.2) is 21.3 Å². The van der Waals surface area contributed by atoms with Gasteiger partial charge in [-0.25, -0.2) is 0 Å². The van der Waals surface area contributed by atoms with Gasteiger partial charge >= 0.3 is 0 Å². The maximum absolute atomic E-state index is 6.05. The van der Waals surface area contributed by atoms with Crippen LogP contribution in [0.25, 0.3) is 11.0 Å². The van der Waals surface area contributed by atoms with Gasteiger partial charge in [0.05, 0.1) is 6.21 Å². The highest BCUT2D eigenvalue weighted by Gasteiger charge is 2.01. The summed E-state index contributed by atoms with van der Waals surface area (Å²) < 4.78 is 0. The van der Waals surface area contributed by atoms with Crippen LogP contribution in [0.4, 0.5) is 0 Å². The van der Waals surface area contributed by atoms with Gasteiger partial charge in [0, 0.05) is 10.6 Å². The minimum absolute atomic E-state index is 0.658. The van der Waals surface area contributed by atoms with Crippen molar-refractivity contribution in [1.29, 1.82) is 0 Å². The van der Waals surface area contributed by atoms with Crippen LogP contribution in [0.15, 0.2) is 53.6 Å². The van der Waals surface area contributed by atoms with Crippen LogP contribution in [-0.2, 0) is 0 Å². The number of hydrogen-bond donors (Lipinski definition) is 0. The summed E-state index contributed by atoms with van der Waals surface area (Å²) in [5, 5.41) is 12.9. The van der Waals surface area contributed by atoms with Gasteiger partial charge in [-0.1, -0.05) is 41.9 Å². The minimum atomic E-state index is 0.658. The number of halogens is 1. The molecule has 0 aliphatic carbocycles. The third kappa shape index (κ3) is 1.98. The number of fused-ring (bicyclic) bond motifs is 1. The number of hydrogen-bond acceptors (Lipinski definition) is 3. The van der Waals surface area contributed by atoms with Gasteiger partial charge in [0.2, 0.25) is 0 Å². The molecule has 0 saturated carbocycles. The zero-order valence-corrected chi connectivity index (χ0v) is 10.1. The molecule has 0 atom stereocenters. The third-order valence-corrected chi connectivity index (χ3v) is 2.89. The van der Waals surface area contributed by atoms with Crippen molar-refractivity contribution in [1.82, 2.24) is 15.1 Å². The van der Waals surface area contributed by atoms with Crippen LogP contribution in [0.5, 0.6) is 0 Å². The fraction of sp³-hybridized carbons (Fsp3) is 0. The van der Waals surface area contributed by atoms with Gasteiger partial charge in [-0.05, 0) is 23.4 Å². The standard InChI is InChI=1S/C13H9ClN4/c14-11-6-2-1-5-10(11)9-15-18-13-8-4-3-7-12(13)16-17-18/h1-9H/b15-9+. The number of aromatic nitrogens is 3. The lowest BCUT2D eigenvalue weighted by atomic mass is 10.2. The normalized spacial score (nSPS) is 11.4. The van der Waals surface area contributed by atoms with Gasteiger partial charge in [0.25, 0.3) is 0 Å². The van der Waals surface area contributed by atoms with Crippen molar-refractivity contribution in [3.05, 3.63) is 59.1 Å². The third-order valence-electron chi connectivity index (χ3n) is 2.55. The molecule has 0 unspecified atom stereocenters. The summed E-state index contributed by atoms with van der Waals surface area (Å²) in [6.07, 6.45) is 1.67. The topological polar surface area (TPSA) is 43.1 Å². The van der Waals surface area contributed by atoms with E-state index < -0.39 is 0 Å². The summed E-state index contributed by atoms with van der Waals surface area (Å²) in [6.45, 7) is 0. The molecule has 3 rings (SSSR count). The fourth-order valence-corrected chi connectivity index (χ4v) is 1.82.